The van der Waals surface area contributed by atoms with Crippen molar-refractivity contribution < 1.29 is 46.1 Å². The van der Waals surface area contributed by atoms with Crippen LogP contribution in [0.5, 0.6) is 0 Å². The largest absolute Gasteiger partial charge is 0.465 e. The molecule has 1 saturated carbocycles. The van der Waals surface area contributed by atoms with Crippen molar-refractivity contribution in [3.05, 3.63) is 40.7 Å². The number of likely N-dealkylation sites (tertiary alicyclic amines) is 2. The molecular formula is C28H30F5N7O5. The van der Waals surface area contributed by atoms with E-state index in [0.717, 1.165) is 9.80 Å². The Morgan fingerprint density at radius 2 is 1.69 bits per heavy atom. The number of hydrogen-bond acceptors (Lipinski definition) is 7. The number of fused-ring (bicyclic) bond motifs is 1. The van der Waals surface area contributed by atoms with Crippen molar-refractivity contribution in [3.63, 3.8) is 0 Å². The van der Waals surface area contributed by atoms with Gasteiger partial charge in [0.15, 0.2) is 11.5 Å². The summed E-state index contributed by atoms with van der Waals surface area (Å²) in [4.78, 5) is 47.8. The molecule has 3 amide bonds. The number of halogens is 5. The van der Waals surface area contributed by atoms with E-state index in [0.29, 0.717) is 0 Å². The summed E-state index contributed by atoms with van der Waals surface area (Å²) in [6.07, 6.45) is -2.25. The van der Waals surface area contributed by atoms with Crippen LogP contribution in [0.1, 0.15) is 72.1 Å². The van der Waals surface area contributed by atoms with Gasteiger partial charge in [-0.1, -0.05) is 11.2 Å². The molecule has 2 saturated heterocycles. The second-order valence-electron chi connectivity index (χ2n) is 12.2. The van der Waals surface area contributed by atoms with Gasteiger partial charge in [-0.25, -0.2) is 36.4 Å². The van der Waals surface area contributed by atoms with Crippen molar-refractivity contribution in [3.8, 4) is 0 Å². The SMILES string of the molecule is Cc1nonc1C(=O)N[C@H](c1nc2c(F)c(C3(C(=O)N4CC(F)(F)C4)CCN(C(=O)O)CC3)ccc2[nH]1)C1CCC(F)(F)CC1. The van der Waals surface area contributed by atoms with Crippen molar-refractivity contribution in [2.75, 3.05) is 26.2 Å². The maximum absolute atomic E-state index is 16.5. The zero-order valence-corrected chi connectivity index (χ0v) is 24.1. The van der Waals surface area contributed by atoms with Gasteiger partial charge in [0.05, 0.1) is 30.1 Å². The Labute approximate surface area is 252 Å². The quantitative estimate of drug-likeness (QED) is 0.339. The smallest absolute Gasteiger partial charge is 0.407 e. The number of alkyl halides is 4. The van der Waals surface area contributed by atoms with Gasteiger partial charge in [-0.3, -0.25) is 9.59 Å². The van der Waals surface area contributed by atoms with Gasteiger partial charge in [0, 0.05) is 31.5 Å². The van der Waals surface area contributed by atoms with Crippen molar-refractivity contribution in [1.82, 2.24) is 35.4 Å². The molecule has 0 spiro atoms. The van der Waals surface area contributed by atoms with E-state index < -0.39 is 78.9 Å². The Hall–Kier alpha value is -4.31. The fraction of sp³-hybridized carbons (Fsp3) is 0.571. The zero-order valence-electron chi connectivity index (χ0n) is 24.1. The molecule has 45 heavy (non-hydrogen) atoms. The number of carbonyl (C=O) groups excluding carboxylic acids is 2. The third kappa shape index (κ3) is 5.56. The minimum atomic E-state index is -3.07. The number of nitrogens with one attached hydrogen (secondary N) is 2. The molecule has 6 rings (SSSR count). The second-order valence-corrected chi connectivity index (χ2v) is 12.2. The molecule has 2 aliphatic heterocycles. The molecule has 3 fully saturated rings. The van der Waals surface area contributed by atoms with E-state index in [2.05, 4.69) is 30.2 Å². The Kier molecular flexibility index (Phi) is 7.47. The normalized spacial score (nSPS) is 21.7. The predicted molar refractivity (Wildman–Crippen MR) is 144 cm³/mol. The Morgan fingerprint density at radius 3 is 2.27 bits per heavy atom. The number of piperidine rings is 1. The maximum atomic E-state index is 16.5. The van der Waals surface area contributed by atoms with E-state index in [4.69, 9.17) is 0 Å². The molecule has 17 heteroatoms. The topological polar surface area (TPSA) is 158 Å². The summed E-state index contributed by atoms with van der Waals surface area (Å²) in [7, 11) is 0. The van der Waals surface area contributed by atoms with Crippen LogP contribution in [-0.2, 0) is 10.2 Å². The van der Waals surface area contributed by atoms with Gasteiger partial charge in [-0.15, -0.1) is 0 Å². The summed E-state index contributed by atoms with van der Waals surface area (Å²) in [5.41, 5.74) is -1.67. The molecule has 0 radical (unpaired) electrons. The van der Waals surface area contributed by atoms with Gasteiger partial charge in [-0.05, 0) is 49.7 Å². The van der Waals surface area contributed by atoms with Crippen LogP contribution in [0, 0.1) is 18.7 Å². The van der Waals surface area contributed by atoms with E-state index in [-0.39, 0.29) is 72.6 Å². The highest BCUT2D eigenvalue weighted by molar-refractivity contribution is 5.93. The summed E-state index contributed by atoms with van der Waals surface area (Å²) in [5.74, 6) is -8.67. The van der Waals surface area contributed by atoms with Crippen molar-refractivity contribution in [2.45, 2.75) is 68.8 Å². The van der Waals surface area contributed by atoms with Crippen LogP contribution >= 0.6 is 0 Å². The first kappa shape index (κ1) is 30.7. The maximum Gasteiger partial charge on any atom is 0.407 e. The fourth-order valence-electron chi connectivity index (χ4n) is 6.67. The highest BCUT2D eigenvalue weighted by atomic mass is 19.3. The molecule has 12 nitrogen and oxygen atoms in total. The fourth-order valence-corrected chi connectivity index (χ4v) is 6.67. The lowest BCUT2D eigenvalue weighted by Gasteiger charge is -2.47. The molecule has 4 heterocycles. The standard InChI is InChI=1S/C28H30F5N7O5/c1-14-19(38-45-37-14)23(41)36-20(15-4-6-27(30,31)7-5-15)22-34-17-3-2-16(18(29)21(17)35-22)26(8-10-39(11-9-26)25(43)44)24(42)40-12-28(32,33)13-40/h2-3,15,20H,4-13H2,1H3,(H,34,35)(H,36,41)(H,43,44)/t20-/m0/s1. The van der Waals surface area contributed by atoms with Crippen LogP contribution < -0.4 is 5.32 Å². The summed E-state index contributed by atoms with van der Waals surface area (Å²) < 4.78 is 76.6. The van der Waals surface area contributed by atoms with Crippen molar-refractivity contribution in [1.29, 1.82) is 0 Å². The highest BCUT2D eigenvalue weighted by Crippen LogP contribution is 2.44. The monoisotopic (exact) mass is 639 g/mol. The lowest BCUT2D eigenvalue weighted by Crippen LogP contribution is -2.64. The number of H-pyrrole nitrogens is 1. The summed E-state index contributed by atoms with van der Waals surface area (Å²) in [6.45, 7) is -0.389. The minimum Gasteiger partial charge on any atom is -0.465 e. The number of hydrogen-bond donors (Lipinski definition) is 3. The third-order valence-corrected chi connectivity index (χ3v) is 9.24. The summed E-state index contributed by atoms with van der Waals surface area (Å²) in [6, 6.07) is 1.86. The third-order valence-electron chi connectivity index (χ3n) is 9.24. The molecule has 1 aromatic carbocycles. The average molecular weight is 640 g/mol. The number of carbonyl (C=O) groups is 3. The van der Waals surface area contributed by atoms with E-state index in [1.54, 1.807) is 0 Å². The first-order valence-corrected chi connectivity index (χ1v) is 14.5. The lowest BCUT2D eigenvalue weighted by atomic mass is 9.70. The molecule has 3 aromatic rings. The van der Waals surface area contributed by atoms with Crippen molar-refractivity contribution in [2.24, 2.45) is 5.92 Å². The number of carboxylic acid groups (broad SMARTS) is 1. The van der Waals surface area contributed by atoms with E-state index in [1.165, 1.54) is 19.1 Å². The molecule has 0 bridgehead atoms. The number of aromatic nitrogens is 4. The van der Waals surface area contributed by atoms with Crippen LogP contribution in [0.15, 0.2) is 16.8 Å². The van der Waals surface area contributed by atoms with Gasteiger partial charge in [0.1, 0.15) is 17.0 Å². The van der Waals surface area contributed by atoms with E-state index >= 15 is 4.39 Å². The Bertz CT molecular complexity index is 1630. The van der Waals surface area contributed by atoms with Crippen molar-refractivity contribution >= 4 is 28.9 Å². The molecule has 1 atom stereocenters. The van der Waals surface area contributed by atoms with Crippen LogP contribution in [0.2, 0.25) is 0 Å². The second kappa shape index (κ2) is 10.9. The van der Waals surface area contributed by atoms with E-state index in [1.807, 2.05) is 0 Å². The summed E-state index contributed by atoms with van der Waals surface area (Å²) >= 11 is 0. The van der Waals surface area contributed by atoms with Crippen LogP contribution in [-0.4, -0.2) is 91.1 Å². The number of benzene rings is 1. The number of rotatable bonds is 6. The number of aryl methyl sites for hydroxylation is 1. The first-order chi connectivity index (χ1) is 21.2. The Morgan fingerprint density at radius 1 is 1.02 bits per heavy atom. The molecular weight excluding hydrogens is 609 g/mol. The van der Waals surface area contributed by atoms with Gasteiger partial charge < -0.3 is 25.2 Å². The van der Waals surface area contributed by atoms with Crippen LogP contribution in [0.3, 0.4) is 0 Å². The number of imidazole rings is 1. The van der Waals surface area contributed by atoms with Crippen LogP contribution in [0.4, 0.5) is 26.7 Å². The Balaban J connectivity index is 1.37. The predicted octanol–water partition coefficient (Wildman–Crippen LogP) is 4.18. The molecule has 2 aromatic heterocycles. The number of amides is 3. The number of nitrogens with zero attached hydrogens (tertiary/aromatic N) is 5. The molecule has 3 N–H and O–H groups in total. The number of aromatic amines is 1. The molecule has 1 aliphatic carbocycles. The average Bonchev–Trinajstić information content (AvgIpc) is 3.61. The van der Waals surface area contributed by atoms with Gasteiger partial charge in [-0.2, -0.15) is 0 Å². The van der Waals surface area contributed by atoms with Gasteiger partial charge >= 0.3 is 6.09 Å². The van der Waals surface area contributed by atoms with Gasteiger partial charge in [0.2, 0.25) is 11.8 Å². The highest BCUT2D eigenvalue weighted by Gasteiger charge is 2.54. The molecule has 0 unspecified atom stereocenters. The minimum absolute atomic E-state index is 0.0386. The van der Waals surface area contributed by atoms with Crippen LogP contribution in [0.25, 0.3) is 11.0 Å². The van der Waals surface area contributed by atoms with Gasteiger partial charge in [0.25, 0.3) is 11.8 Å². The summed E-state index contributed by atoms with van der Waals surface area (Å²) in [5, 5.41) is 19.4. The molecule has 242 valence electrons. The zero-order chi connectivity index (χ0) is 32.3. The first-order valence-electron chi connectivity index (χ1n) is 14.5. The van der Waals surface area contributed by atoms with E-state index in [9.17, 15) is 37.1 Å². The molecule has 3 aliphatic rings. The lowest BCUT2D eigenvalue weighted by molar-refractivity contribution is -0.173.